The van der Waals surface area contributed by atoms with Crippen molar-refractivity contribution in [2.75, 3.05) is 33.7 Å². The molecule has 1 saturated heterocycles. The van der Waals surface area contributed by atoms with E-state index < -0.39 is 5.54 Å². The summed E-state index contributed by atoms with van der Waals surface area (Å²) in [4.78, 5) is 16.8. The molecule has 0 saturated carbocycles. The Labute approximate surface area is 112 Å². The van der Waals surface area contributed by atoms with Crippen molar-refractivity contribution in [2.24, 2.45) is 0 Å². The number of piperidine rings is 1. The summed E-state index contributed by atoms with van der Waals surface area (Å²) in [5.74, 6) is 0.193. The molecule has 0 unspecified atom stereocenters. The third kappa shape index (κ3) is 3.69. The molecule has 0 spiro atoms. The van der Waals surface area contributed by atoms with Gasteiger partial charge in [0.05, 0.1) is 5.54 Å². The monoisotopic (exact) mass is 255 g/mol. The third-order valence-corrected chi connectivity index (χ3v) is 4.12. The quantitative estimate of drug-likeness (QED) is 0.805. The SMILES string of the molecule is CCCN1CCC(N(C)C(=O)C(C)(C)NC)CC1. The number of amides is 1. The molecule has 0 aromatic heterocycles. The number of hydrogen-bond donors (Lipinski definition) is 1. The first-order valence-corrected chi connectivity index (χ1v) is 7.11. The number of nitrogens with zero attached hydrogens (tertiary/aromatic N) is 2. The highest BCUT2D eigenvalue weighted by atomic mass is 16.2. The van der Waals surface area contributed by atoms with Gasteiger partial charge in [-0.1, -0.05) is 6.92 Å². The van der Waals surface area contributed by atoms with Crippen LogP contribution in [0.15, 0.2) is 0 Å². The van der Waals surface area contributed by atoms with Gasteiger partial charge in [0.1, 0.15) is 0 Å². The molecule has 4 heteroatoms. The zero-order chi connectivity index (χ0) is 13.8. The van der Waals surface area contributed by atoms with E-state index in [4.69, 9.17) is 0 Å². The van der Waals surface area contributed by atoms with E-state index in [1.165, 1.54) is 13.0 Å². The summed E-state index contributed by atoms with van der Waals surface area (Å²) in [5.41, 5.74) is -0.463. The maximum atomic E-state index is 12.4. The van der Waals surface area contributed by atoms with Crippen LogP contribution < -0.4 is 5.32 Å². The van der Waals surface area contributed by atoms with E-state index in [2.05, 4.69) is 17.1 Å². The van der Waals surface area contributed by atoms with Crippen molar-refractivity contribution in [2.45, 2.75) is 51.6 Å². The van der Waals surface area contributed by atoms with Crippen molar-refractivity contribution < 1.29 is 4.79 Å². The largest absolute Gasteiger partial charge is 0.341 e. The van der Waals surface area contributed by atoms with Crippen LogP contribution in [0.5, 0.6) is 0 Å². The lowest BCUT2D eigenvalue weighted by atomic mass is 9.98. The van der Waals surface area contributed by atoms with Gasteiger partial charge in [-0.2, -0.15) is 0 Å². The number of carbonyl (C=O) groups excluding carboxylic acids is 1. The molecule has 0 bridgehead atoms. The minimum Gasteiger partial charge on any atom is -0.341 e. The Kier molecular flexibility index (Phi) is 5.60. The molecule has 1 fully saturated rings. The molecule has 106 valence electrons. The molecular weight excluding hydrogens is 226 g/mol. The molecule has 18 heavy (non-hydrogen) atoms. The lowest BCUT2D eigenvalue weighted by Crippen LogP contribution is -2.56. The van der Waals surface area contributed by atoms with Gasteiger partial charge in [-0.15, -0.1) is 0 Å². The summed E-state index contributed by atoms with van der Waals surface area (Å²) in [6, 6.07) is 0.401. The summed E-state index contributed by atoms with van der Waals surface area (Å²) in [6.45, 7) is 9.53. The van der Waals surface area contributed by atoms with E-state index in [-0.39, 0.29) is 5.91 Å². The standard InChI is InChI=1S/C14H29N3O/c1-6-9-17-10-7-12(8-11-17)16(5)13(18)14(2,3)15-4/h12,15H,6-11H2,1-5H3. The van der Waals surface area contributed by atoms with Gasteiger partial charge in [-0.25, -0.2) is 0 Å². The van der Waals surface area contributed by atoms with Gasteiger partial charge < -0.3 is 15.1 Å². The third-order valence-electron chi connectivity index (χ3n) is 4.12. The summed E-state index contributed by atoms with van der Waals surface area (Å²) in [5, 5.41) is 3.09. The van der Waals surface area contributed by atoms with E-state index in [0.29, 0.717) is 6.04 Å². The van der Waals surface area contributed by atoms with E-state index in [0.717, 1.165) is 25.9 Å². The lowest BCUT2D eigenvalue weighted by molar-refractivity contribution is -0.138. The first-order valence-electron chi connectivity index (χ1n) is 7.11. The summed E-state index contributed by atoms with van der Waals surface area (Å²) in [6.07, 6.45) is 3.41. The average molecular weight is 255 g/mol. The normalized spacial score (nSPS) is 18.9. The number of carbonyl (C=O) groups is 1. The molecule has 0 aliphatic carbocycles. The fourth-order valence-corrected chi connectivity index (χ4v) is 2.56. The topological polar surface area (TPSA) is 35.6 Å². The molecule has 4 nitrogen and oxygen atoms in total. The molecule has 0 radical (unpaired) electrons. The Balaban J connectivity index is 2.49. The van der Waals surface area contributed by atoms with E-state index in [1.807, 2.05) is 32.8 Å². The molecular formula is C14H29N3O. The van der Waals surface area contributed by atoms with Gasteiger partial charge in [0.2, 0.25) is 5.91 Å². The van der Waals surface area contributed by atoms with Crippen LogP contribution in [0, 0.1) is 0 Å². The predicted molar refractivity (Wildman–Crippen MR) is 75.7 cm³/mol. The Bertz CT molecular complexity index is 270. The Morgan fingerprint density at radius 2 is 1.94 bits per heavy atom. The van der Waals surface area contributed by atoms with Crippen LogP contribution >= 0.6 is 0 Å². The van der Waals surface area contributed by atoms with Crippen molar-refractivity contribution in [3.8, 4) is 0 Å². The lowest BCUT2D eigenvalue weighted by Gasteiger charge is -2.39. The number of likely N-dealkylation sites (tertiary alicyclic amines) is 1. The van der Waals surface area contributed by atoms with Crippen molar-refractivity contribution in [3.63, 3.8) is 0 Å². The van der Waals surface area contributed by atoms with Crippen molar-refractivity contribution in [1.82, 2.24) is 15.1 Å². The highest BCUT2D eigenvalue weighted by Crippen LogP contribution is 2.18. The summed E-state index contributed by atoms with van der Waals surface area (Å²) in [7, 11) is 3.79. The summed E-state index contributed by atoms with van der Waals surface area (Å²) < 4.78 is 0. The molecule has 1 rings (SSSR count). The second-order valence-corrected chi connectivity index (χ2v) is 5.86. The van der Waals surface area contributed by atoms with E-state index >= 15 is 0 Å². The zero-order valence-electron chi connectivity index (χ0n) is 12.6. The fraction of sp³-hybridized carbons (Fsp3) is 0.929. The predicted octanol–water partition coefficient (Wildman–Crippen LogP) is 1.32. The van der Waals surface area contributed by atoms with Gasteiger partial charge in [0.25, 0.3) is 0 Å². The van der Waals surface area contributed by atoms with Crippen LogP contribution in [0.2, 0.25) is 0 Å². The molecule has 0 aromatic carbocycles. The molecule has 1 amide bonds. The molecule has 1 N–H and O–H groups in total. The number of nitrogens with one attached hydrogen (secondary N) is 1. The van der Waals surface area contributed by atoms with Crippen LogP contribution in [0.3, 0.4) is 0 Å². The highest BCUT2D eigenvalue weighted by molar-refractivity contribution is 5.85. The van der Waals surface area contributed by atoms with Crippen molar-refractivity contribution >= 4 is 5.91 Å². The summed E-state index contributed by atoms with van der Waals surface area (Å²) >= 11 is 0. The molecule has 1 aliphatic heterocycles. The maximum absolute atomic E-state index is 12.4. The van der Waals surface area contributed by atoms with Crippen LogP contribution in [0.25, 0.3) is 0 Å². The van der Waals surface area contributed by atoms with Gasteiger partial charge >= 0.3 is 0 Å². The first-order chi connectivity index (χ1) is 8.42. The second-order valence-electron chi connectivity index (χ2n) is 5.86. The fourth-order valence-electron chi connectivity index (χ4n) is 2.56. The average Bonchev–Trinajstić information content (AvgIpc) is 2.38. The van der Waals surface area contributed by atoms with Crippen molar-refractivity contribution in [1.29, 1.82) is 0 Å². The Morgan fingerprint density at radius 1 is 1.39 bits per heavy atom. The molecule has 1 heterocycles. The van der Waals surface area contributed by atoms with Gasteiger partial charge in [-0.05, 0) is 46.7 Å². The van der Waals surface area contributed by atoms with Gasteiger partial charge in [0.15, 0.2) is 0 Å². The van der Waals surface area contributed by atoms with Gasteiger partial charge in [-0.3, -0.25) is 4.79 Å². The minimum atomic E-state index is -0.463. The van der Waals surface area contributed by atoms with Crippen LogP contribution in [0.4, 0.5) is 0 Å². The number of likely N-dealkylation sites (N-methyl/N-ethyl adjacent to an activating group) is 2. The van der Waals surface area contributed by atoms with E-state index in [9.17, 15) is 4.79 Å². The number of rotatable bonds is 5. The molecule has 0 atom stereocenters. The zero-order valence-corrected chi connectivity index (χ0v) is 12.6. The van der Waals surface area contributed by atoms with Crippen molar-refractivity contribution in [3.05, 3.63) is 0 Å². The van der Waals surface area contributed by atoms with Gasteiger partial charge in [0, 0.05) is 26.2 Å². The van der Waals surface area contributed by atoms with Crippen LogP contribution in [-0.4, -0.2) is 61.0 Å². The van der Waals surface area contributed by atoms with E-state index in [1.54, 1.807) is 0 Å². The highest BCUT2D eigenvalue weighted by Gasteiger charge is 2.33. The maximum Gasteiger partial charge on any atom is 0.242 e. The first kappa shape index (κ1) is 15.4. The second kappa shape index (κ2) is 6.53. The smallest absolute Gasteiger partial charge is 0.242 e. The Morgan fingerprint density at radius 3 is 2.39 bits per heavy atom. The van der Waals surface area contributed by atoms with Crippen LogP contribution in [-0.2, 0) is 4.79 Å². The minimum absolute atomic E-state index is 0.193. The molecule has 1 aliphatic rings. The molecule has 0 aromatic rings. The van der Waals surface area contributed by atoms with Crippen LogP contribution in [0.1, 0.15) is 40.0 Å². The Hall–Kier alpha value is -0.610. The number of hydrogen-bond acceptors (Lipinski definition) is 3.